The van der Waals surface area contributed by atoms with Gasteiger partial charge in [0.2, 0.25) is 0 Å². The minimum atomic E-state index is -0.0776. The van der Waals surface area contributed by atoms with E-state index < -0.39 is 0 Å². The second kappa shape index (κ2) is 7.14. The van der Waals surface area contributed by atoms with Gasteiger partial charge in [-0.3, -0.25) is 9.36 Å². The molecule has 0 unspecified atom stereocenters. The van der Waals surface area contributed by atoms with E-state index >= 15 is 0 Å². The summed E-state index contributed by atoms with van der Waals surface area (Å²) in [5.74, 6) is 1.13. The minimum Gasteiger partial charge on any atom is -0.341 e. The summed E-state index contributed by atoms with van der Waals surface area (Å²) in [5.41, 5.74) is 3.89. The van der Waals surface area contributed by atoms with Gasteiger partial charge in [-0.15, -0.1) is 0 Å². The van der Waals surface area contributed by atoms with Crippen molar-refractivity contribution in [1.29, 1.82) is 0 Å². The lowest BCUT2D eigenvalue weighted by molar-refractivity contribution is 0.882. The number of aryl methyl sites for hydroxylation is 1. The summed E-state index contributed by atoms with van der Waals surface area (Å²) in [6, 6.07) is 15.3. The molecule has 142 valence electrons. The van der Waals surface area contributed by atoms with Crippen LogP contribution in [0, 0.1) is 6.92 Å². The van der Waals surface area contributed by atoms with Gasteiger partial charge in [0.25, 0.3) is 5.56 Å². The molecule has 0 fully saturated rings. The first-order valence-electron chi connectivity index (χ1n) is 9.05. The summed E-state index contributed by atoms with van der Waals surface area (Å²) in [5, 5.41) is 1.37. The summed E-state index contributed by atoms with van der Waals surface area (Å²) in [4.78, 5) is 33.9. The molecule has 0 spiro atoms. The fourth-order valence-electron chi connectivity index (χ4n) is 3.29. The van der Waals surface area contributed by atoms with Crippen LogP contribution in [0.15, 0.2) is 71.0 Å². The largest absolute Gasteiger partial charge is 0.341 e. The summed E-state index contributed by atoms with van der Waals surface area (Å²) in [6.45, 7) is 2.01. The van der Waals surface area contributed by atoms with E-state index in [-0.39, 0.29) is 5.56 Å². The van der Waals surface area contributed by atoms with Crippen LogP contribution in [0.1, 0.15) is 11.4 Å². The Balaban J connectivity index is 1.65. The van der Waals surface area contributed by atoms with E-state index in [0.717, 1.165) is 21.8 Å². The molecule has 1 N–H and O–H groups in total. The molecule has 8 heteroatoms. The Kier molecular flexibility index (Phi) is 4.33. The second-order valence-electron chi connectivity index (χ2n) is 6.59. The first-order chi connectivity index (χ1) is 14.2. The molecule has 0 saturated carbocycles. The maximum Gasteiger partial charge on any atom is 0.265 e. The average molecular weight is 400 g/mol. The molecule has 29 heavy (non-hydrogen) atoms. The summed E-state index contributed by atoms with van der Waals surface area (Å²) in [6.07, 6.45) is 3.09. The molecule has 0 saturated heterocycles. The van der Waals surface area contributed by atoms with Crippen molar-refractivity contribution in [2.45, 2.75) is 17.7 Å². The molecule has 3 aromatic heterocycles. The predicted octanol–water partition coefficient (Wildman–Crippen LogP) is 3.65. The van der Waals surface area contributed by atoms with Gasteiger partial charge in [-0.1, -0.05) is 36.0 Å². The highest BCUT2D eigenvalue weighted by Crippen LogP contribution is 2.26. The molecule has 2 aromatic carbocycles. The lowest BCUT2D eigenvalue weighted by Crippen LogP contribution is -2.23. The van der Waals surface area contributed by atoms with E-state index in [1.54, 1.807) is 10.9 Å². The van der Waals surface area contributed by atoms with Crippen LogP contribution >= 0.6 is 11.8 Å². The molecule has 5 rings (SSSR count). The number of aromatic amines is 1. The number of hydrogen-bond acceptors (Lipinski definition) is 6. The molecule has 7 nitrogen and oxygen atoms in total. The Morgan fingerprint density at radius 2 is 1.97 bits per heavy atom. The smallest absolute Gasteiger partial charge is 0.265 e. The third-order valence-corrected chi connectivity index (χ3v) is 5.62. The highest BCUT2D eigenvalue weighted by Gasteiger charge is 2.15. The van der Waals surface area contributed by atoms with Crippen molar-refractivity contribution in [3.63, 3.8) is 0 Å². The molecule has 0 amide bonds. The van der Waals surface area contributed by atoms with Crippen LogP contribution in [0.2, 0.25) is 0 Å². The minimum absolute atomic E-state index is 0.0776. The molecular weight excluding hydrogens is 384 g/mol. The highest BCUT2D eigenvalue weighted by atomic mass is 32.2. The van der Waals surface area contributed by atoms with Gasteiger partial charge in [0.05, 0.1) is 28.7 Å². The average Bonchev–Trinajstić information content (AvgIpc) is 3.22. The molecule has 0 aliphatic heterocycles. The van der Waals surface area contributed by atoms with Gasteiger partial charge in [0.1, 0.15) is 22.7 Å². The second-order valence-corrected chi connectivity index (χ2v) is 7.56. The predicted molar refractivity (Wildman–Crippen MR) is 113 cm³/mol. The van der Waals surface area contributed by atoms with Crippen LogP contribution < -0.4 is 5.56 Å². The van der Waals surface area contributed by atoms with E-state index in [1.807, 2.05) is 55.5 Å². The molecule has 0 aliphatic rings. The Morgan fingerprint density at radius 3 is 2.86 bits per heavy atom. The number of thioether (sulfide) groups is 1. The van der Waals surface area contributed by atoms with Crippen LogP contribution in [0.4, 0.5) is 0 Å². The zero-order chi connectivity index (χ0) is 19.8. The van der Waals surface area contributed by atoms with E-state index in [1.165, 1.54) is 18.1 Å². The first-order valence-corrected chi connectivity index (χ1v) is 10.0. The van der Waals surface area contributed by atoms with Gasteiger partial charge in [-0.2, -0.15) is 0 Å². The van der Waals surface area contributed by atoms with Crippen molar-refractivity contribution in [3.05, 3.63) is 82.9 Å². The van der Waals surface area contributed by atoms with Crippen LogP contribution in [-0.2, 0) is 5.75 Å². The Morgan fingerprint density at radius 1 is 1.07 bits per heavy atom. The van der Waals surface area contributed by atoms with Gasteiger partial charge in [0.15, 0.2) is 5.65 Å². The number of hydrogen-bond donors (Lipinski definition) is 1. The topological polar surface area (TPSA) is 89.3 Å². The highest BCUT2D eigenvalue weighted by molar-refractivity contribution is 7.98. The SMILES string of the molecule is Cc1cccc(-n2c(CSc3ncnc4nc[nH]c34)nc3ccccc3c2=O)c1. The fraction of sp³-hybridized carbons (Fsp3) is 0.0952. The number of para-hydroxylation sites is 1. The number of fused-ring (bicyclic) bond motifs is 2. The fourth-order valence-corrected chi connectivity index (χ4v) is 4.17. The first kappa shape index (κ1) is 17.6. The van der Waals surface area contributed by atoms with Crippen molar-refractivity contribution < 1.29 is 0 Å². The quantitative estimate of drug-likeness (QED) is 0.366. The molecule has 0 aliphatic carbocycles. The number of nitrogens with zero attached hydrogens (tertiary/aromatic N) is 5. The number of nitrogens with one attached hydrogen (secondary N) is 1. The van der Waals surface area contributed by atoms with Crippen molar-refractivity contribution in [1.82, 2.24) is 29.5 Å². The van der Waals surface area contributed by atoms with E-state index in [9.17, 15) is 4.79 Å². The van der Waals surface area contributed by atoms with Gasteiger partial charge in [-0.05, 0) is 36.8 Å². The Labute approximate surface area is 169 Å². The third kappa shape index (κ3) is 3.17. The zero-order valence-corrected chi connectivity index (χ0v) is 16.3. The Hall–Kier alpha value is -3.52. The molecule has 3 heterocycles. The van der Waals surface area contributed by atoms with E-state index in [0.29, 0.717) is 28.1 Å². The molecule has 0 bridgehead atoms. The zero-order valence-electron chi connectivity index (χ0n) is 15.5. The lowest BCUT2D eigenvalue weighted by atomic mass is 10.2. The van der Waals surface area contributed by atoms with Crippen LogP contribution in [0.5, 0.6) is 0 Å². The Bertz CT molecular complexity index is 1410. The van der Waals surface area contributed by atoms with Crippen molar-refractivity contribution >= 4 is 33.8 Å². The van der Waals surface area contributed by atoms with Crippen LogP contribution in [0.25, 0.3) is 27.8 Å². The molecule has 0 radical (unpaired) electrons. The molecule has 0 atom stereocenters. The maximum absolute atomic E-state index is 13.3. The van der Waals surface area contributed by atoms with E-state index in [2.05, 4.69) is 19.9 Å². The standard InChI is InChI=1S/C21H16N6OS/c1-13-5-4-6-14(9-13)27-17(26-16-8-3-2-7-15(16)21(27)28)10-29-20-18-19(23-11-22-18)24-12-25-20/h2-9,11-12H,10H2,1H3,(H,22,23,24,25). The third-order valence-electron chi connectivity index (χ3n) is 4.63. The lowest BCUT2D eigenvalue weighted by Gasteiger charge is -2.14. The van der Waals surface area contributed by atoms with Gasteiger partial charge >= 0.3 is 0 Å². The normalized spacial score (nSPS) is 11.3. The summed E-state index contributed by atoms with van der Waals surface area (Å²) >= 11 is 1.49. The monoisotopic (exact) mass is 400 g/mol. The number of rotatable bonds is 4. The van der Waals surface area contributed by atoms with Crippen molar-refractivity contribution in [2.24, 2.45) is 0 Å². The molecule has 5 aromatic rings. The summed E-state index contributed by atoms with van der Waals surface area (Å²) < 4.78 is 1.69. The van der Waals surface area contributed by atoms with Crippen molar-refractivity contribution in [2.75, 3.05) is 0 Å². The van der Waals surface area contributed by atoms with Crippen molar-refractivity contribution in [3.8, 4) is 5.69 Å². The molecular formula is C21H16N6OS. The van der Waals surface area contributed by atoms with Gasteiger partial charge in [0, 0.05) is 0 Å². The van der Waals surface area contributed by atoms with Crippen LogP contribution in [-0.4, -0.2) is 29.5 Å². The van der Waals surface area contributed by atoms with E-state index in [4.69, 9.17) is 4.98 Å². The number of benzene rings is 2. The number of aromatic nitrogens is 6. The van der Waals surface area contributed by atoms with Gasteiger partial charge < -0.3 is 4.98 Å². The number of H-pyrrole nitrogens is 1. The maximum atomic E-state index is 13.3. The summed E-state index contributed by atoms with van der Waals surface area (Å²) in [7, 11) is 0. The van der Waals surface area contributed by atoms with Gasteiger partial charge in [-0.25, -0.2) is 19.9 Å². The number of imidazole rings is 1. The van der Waals surface area contributed by atoms with Crippen LogP contribution in [0.3, 0.4) is 0 Å².